The molecule has 0 bridgehead atoms. The Labute approximate surface area is 131 Å². The minimum absolute atomic E-state index is 0.0608. The summed E-state index contributed by atoms with van der Waals surface area (Å²) in [5, 5.41) is 3.82. The predicted molar refractivity (Wildman–Crippen MR) is 87.1 cm³/mol. The van der Waals surface area contributed by atoms with Gasteiger partial charge in [-0.15, -0.1) is 0 Å². The van der Waals surface area contributed by atoms with Crippen molar-refractivity contribution < 1.29 is 4.52 Å². The second-order valence-electron chi connectivity index (χ2n) is 7.61. The van der Waals surface area contributed by atoms with Gasteiger partial charge < -0.3 is 8.92 Å². The van der Waals surface area contributed by atoms with Crippen LogP contribution in [0.15, 0.2) is 41.3 Å². The van der Waals surface area contributed by atoms with Crippen LogP contribution in [0.4, 0.5) is 0 Å². The van der Waals surface area contributed by atoms with Gasteiger partial charge in [0.05, 0.1) is 11.9 Å². The van der Waals surface area contributed by atoms with Crippen molar-refractivity contribution in [3.8, 4) is 0 Å². The van der Waals surface area contributed by atoms with Crippen LogP contribution in [-0.2, 0) is 17.3 Å². The van der Waals surface area contributed by atoms with Crippen LogP contribution in [-0.4, -0.2) is 14.5 Å². The molecule has 0 aliphatic heterocycles. The van der Waals surface area contributed by atoms with E-state index in [9.17, 15) is 0 Å². The van der Waals surface area contributed by atoms with Gasteiger partial charge >= 0.3 is 0 Å². The average Bonchev–Trinajstić information content (AvgIpc) is 3.06. The van der Waals surface area contributed by atoms with Gasteiger partial charge in [-0.05, 0) is 24.1 Å². The zero-order valence-electron chi connectivity index (χ0n) is 13.9. The molecule has 0 atom stereocenters. The molecule has 0 N–H and O–H groups in total. The second-order valence-corrected chi connectivity index (χ2v) is 7.61. The molecular formula is C18H23N3O. The lowest BCUT2D eigenvalue weighted by Crippen LogP contribution is -2.19. The van der Waals surface area contributed by atoms with Gasteiger partial charge in [-0.1, -0.05) is 39.8 Å². The molecule has 0 saturated carbocycles. The SMILES string of the molecule is CC(C)(C)c1cn2ccc(CC(C)(C)c3ccno3)cc2n1. The van der Waals surface area contributed by atoms with Crippen LogP contribution in [0.3, 0.4) is 0 Å². The Hall–Kier alpha value is -2.10. The molecule has 0 aliphatic rings. The summed E-state index contributed by atoms with van der Waals surface area (Å²) in [5.41, 5.74) is 3.33. The van der Waals surface area contributed by atoms with Crippen molar-refractivity contribution in [2.75, 3.05) is 0 Å². The van der Waals surface area contributed by atoms with Crippen LogP contribution in [0.2, 0.25) is 0 Å². The first-order chi connectivity index (χ1) is 10.3. The fourth-order valence-corrected chi connectivity index (χ4v) is 2.66. The summed E-state index contributed by atoms with van der Waals surface area (Å²) >= 11 is 0. The Balaban J connectivity index is 1.92. The van der Waals surface area contributed by atoms with Crippen LogP contribution >= 0.6 is 0 Å². The third-order valence-corrected chi connectivity index (χ3v) is 4.04. The Morgan fingerprint density at radius 1 is 1.14 bits per heavy atom. The van der Waals surface area contributed by atoms with E-state index in [0.29, 0.717) is 0 Å². The highest BCUT2D eigenvalue weighted by Gasteiger charge is 2.25. The summed E-state index contributed by atoms with van der Waals surface area (Å²) in [6, 6.07) is 6.25. The minimum atomic E-state index is -0.0890. The van der Waals surface area contributed by atoms with Crippen LogP contribution in [0.1, 0.15) is 51.6 Å². The Kier molecular flexibility index (Phi) is 3.35. The van der Waals surface area contributed by atoms with Crippen molar-refractivity contribution in [3.63, 3.8) is 0 Å². The molecule has 0 aromatic carbocycles. The number of hydrogen-bond donors (Lipinski definition) is 0. The third-order valence-electron chi connectivity index (χ3n) is 4.04. The fraction of sp³-hybridized carbons (Fsp3) is 0.444. The lowest BCUT2D eigenvalue weighted by atomic mass is 9.83. The van der Waals surface area contributed by atoms with E-state index in [1.165, 1.54) is 5.56 Å². The van der Waals surface area contributed by atoms with Crippen molar-refractivity contribution in [1.29, 1.82) is 0 Å². The van der Waals surface area contributed by atoms with Crippen molar-refractivity contribution in [2.24, 2.45) is 0 Å². The molecule has 116 valence electrons. The average molecular weight is 297 g/mol. The first-order valence-electron chi connectivity index (χ1n) is 7.65. The highest BCUT2D eigenvalue weighted by atomic mass is 16.5. The molecule has 0 radical (unpaired) electrons. The molecular weight excluding hydrogens is 274 g/mol. The summed E-state index contributed by atoms with van der Waals surface area (Å²) in [7, 11) is 0. The number of imidazole rings is 1. The fourth-order valence-electron chi connectivity index (χ4n) is 2.66. The first kappa shape index (κ1) is 14.8. The largest absolute Gasteiger partial charge is 0.361 e. The Bertz CT molecular complexity index is 776. The van der Waals surface area contributed by atoms with Crippen molar-refractivity contribution in [1.82, 2.24) is 14.5 Å². The zero-order valence-corrected chi connectivity index (χ0v) is 13.9. The van der Waals surface area contributed by atoms with Crippen molar-refractivity contribution >= 4 is 5.65 Å². The molecule has 0 spiro atoms. The van der Waals surface area contributed by atoms with Gasteiger partial charge in [0.25, 0.3) is 0 Å². The monoisotopic (exact) mass is 297 g/mol. The number of pyridine rings is 1. The number of rotatable bonds is 3. The smallest absolute Gasteiger partial charge is 0.142 e. The lowest BCUT2D eigenvalue weighted by molar-refractivity contribution is 0.314. The van der Waals surface area contributed by atoms with Crippen molar-refractivity contribution in [2.45, 2.75) is 51.9 Å². The van der Waals surface area contributed by atoms with E-state index in [2.05, 4.69) is 68.7 Å². The Morgan fingerprint density at radius 3 is 2.55 bits per heavy atom. The molecule has 0 fully saturated rings. The molecule has 3 aromatic heterocycles. The number of fused-ring (bicyclic) bond motifs is 1. The second kappa shape index (κ2) is 4.97. The maximum atomic E-state index is 5.34. The molecule has 3 heterocycles. The third kappa shape index (κ3) is 2.78. The molecule has 4 nitrogen and oxygen atoms in total. The van der Waals surface area contributed by atoms with Crippen molar-refractivity contribution in [3.05, 3.63) is 53.8 Å². The standard InChI is InChI=1S/C18H23N3O/c1-17(2,3)14-12-21-9-7-13(10-16(21)20-14)11-18(4,5)15-6-8-19-22-15/h6-10,12H,11H2,1-5H3. The van der Waals surface area contributed by atoms with Gasteiger partial charge in [-0.25, -0.2) is 4.98 Å². The van der Waals surface area contributed by atoms with E-state index in [4.69, 9.17) is 9.51 Å². The molecule has 4 heteroatoms. The van der Waals surface area contributed by atoms with E-state index in [0.717, 1.165) is 23.5 Å². The highest BCUT2D eigenvalue weighted by molar-refractivity contribution is 5.44. The van der Waals surface area contributed by atoms with Gasteiger partial charge in [-0.3, -0.25) is 0 Å². The number of nitrogens with zero attached hydrogens (tertiary/aromatic N) is 3. The molecule has 3 rings (SSSR count). The van der Waals surface area contributed by atoms with Gasteiger partial charge in [0.15, 0.2) is 0 Å². The summed E-state index contributed by atoms with van der Waals surface area (Å²) in [6.45, 7) is 10.9. The molecule has 0 unspecified atom stereocenters. The van der Waals surface area contributed by atoms with Gasteiger partial charge in [0.1, 0.15) is 11.4 Å². The molecule has 22 heavy (non-hydrogen) atoms. The van der Waals surface area contributed by atoms with Gasteiger partial charge in [0.2, 0.25) is 0 Å². The van der Waals surface area contributed by atoms with Crippen LogP contribution in [0.25, 0.3) is 5.65 Å². The maximum Gasteiger partial charge on any atom is 0.142 e. The van der Waals surface area contributed by atoms with Crippen LogP contribution in [0.5, 0.6) is 0 Å². The molecule has 0 aliphatic carbocycles. The summed E-state index contributed by atoms with van der Waals surface area (Å²) in [6.07, 6.45) is 6.78. The van der Waals surface area contributed by atoms with Crippen LogP contribution < -0.4 is 0 Å². The molecule has 3 aromatic rings. The van der Waals surface area contributed by atoms with Gasteiger partial charge in [-0.2, -0.15) is 0 Å². The minimum Gasteiger partial charge on any atom is -0.361 e. The lowest BCUT2D eigenvalue weighted by Gasteiger charge is -2.21. The predicted octanol–water partition coefficient (Wildman–Crippen LogP) is 4.14. The van der Waals surface area contributed by atoms with E-state index in [1.807, 2.05) is 6.07 Å². The van der Waals surface area contributed by atoms with E-state index in [1.54, 1.807) is 6.20 Å². The summed E-state index contributed by atoms with van der Waals surface area (Å²) in [4.78, 5) is 4.76. The number of hydrogen-bond acceptors (Lipinski definition) is 3. The normalized spacial score (nSPS) is 13.0. The quantitative estimate of drug-likeness (QED) is 0.729. The van der Waals surface area contributed by atoms with E-state index in [-0.39, 0.29) is 10.8 Å². The van der Waals surface area contributed by atoms with Gasteiger partial charge in [0, 0.05) is 29.3 Å². The number of aromatic nitrogens is 3. The molecule has 0 saturated heterocycles. The summed E-state index contributed by atoms with van der Waals surface area (Å²) in [5.74, 6) is 0.908. The summed E-state index contributed by atoms with van der Waals surface area (Å²) < 4.78 is 7.42. The maximum absolute atomic E-state index is 5.34. The van der Waals surface area contributed by atoms with Crippen LogP contribution in [0, 0.1) is 0 Å². The first-order valence-corrected chi connectivity index (χ1v) is 7.65. The molecule has 0 amide bonds. The van der Waals surface area contributed by atoms with E-state index < -0.39 is 0 Å². The van der Waals surface area contributed by atoms with E-state index >= 15 is 0 Å². The Morgan fingerprint density at radius 2 is 1.91 bits per heavy atom. The zero-order chi connectivity index (χ0) is 16.0. The topological polar surface area (TPSA) is 43.3 Å². The highest BCUT2D eigenvalue weighted by Crippen LogP contribution is 2.28.